The first kappa shape index (κ1) is 10.8. The quantitative estimate of drug-likeness (QED) is 0.848. The Kier molecular flexibility index (Phi) is 2.96. The van der Waals surface area contributed by atoms with Gasteiger partial charge in [0, 0.05) is 25.9 Å². The lowest BCUT2D eigenvalue weighted by atomic mass is 10.1. The molecule has 0 aromatic carbocycles. The molecule has 2 rings (SSSR count). The highest BCUT2D eigenvalue weighted by Gasteiger charge is 2.15. The molecule has 5 heteroatoms. The Morgan fingerprint density at radius 3 is 2.94 bits per heavy atom. The zero-order valence-corrected chi connectivity index (χ0v) is 8.84. The van der Waals surface area contributed by atoms with Crippen molar-refractivity contribution in [2.24, 2.45) is 7.05 Å². The van der Waals surface area contributed by atoms with E-state index in [4.69, 9.17) is 0 Å². The monoisotopic (exact) mass is 221 g/mol. The van der Waals surface area contributed by atoms with Crippen LogP contribution in [0.15, 0.2) is 30.6 Å². The van der Waals surface area contributed by atoms with Crippen LogP contribution in [0.1, 0.15) is 17.5 Å². The van der Waals surface area contributed by atoms with E-state index in [-0.39, 0.29) is 12.1 Å². The van der Waals surface area contributed by atoms with E-state index in [1.807, 2.05) is 0 Å². The minimum Gasteiger partial charge on any atom is -0.386 e. The van der Waals surface area contributed by atoms with E-state index in [2.05, 4.69) is 10.1 Å². The molecule has 84 valence electrons. The lowest BCUT2D eigenvalue weighted by Crippen LogP contribution is -2.07. The zero-order valence-electron chi connectivity index (χ0n) is 8.84. The van der Waals surface area contributed by atoms with Gasteiger partial charge < -0.3 is 5.11 Å². The topological polar surface area (TPSA) is 50.9 Å². The molecule has 0 radical (unpaired) electrons. The molecular formula is C11H12FN3O. The fourth-order valence-electron chi connectivity index (χ4n) is 1.51. The summed E-state index contributed by atoms with van der Waals surface area (Å²) in [6.07, 6.45) is 2.53. The van der Waals surface area contributed by atoms with Crippen molar-refractivity contribution < 1.29 is 9.50 Å². The van der Waals surface area contributed by atoms with E-state index in [0.717, 1.165) is 0 Å². The first-order chi connectivity index (χ1) is 7.66. The summed E-state index contributed by atoms with van der Waals surface area (Å²) in [4.78, 5) is 3.82. The maximum absolute atomic E-state index is 13.3. The average Bonchev–Trinajstić information content (AvgIpc) is 2.64. The fraction of sp³-hybridized carbons (Fsp3) is 0.273. The number of nitrogens with zero attached hydrogens (tertiary/aromatic N) is 3. The predicted octanol–water partition coefficient (Wildman–Crippen LogP) is 1.23. The van der Waals surface area contributed by atoms with E-state index in [1.54, 1.807) is 24.0 Å². The number of aliphatic hydroxyl groups excluding tert-OH is 1. The number of hydrogen-bond donors (Lipinski definition) is 1. The predicted molar refractivity (Wildman–Crippen MR) is 56.1 cm³/mol. The molecule has 4 nitrogen and oxygen atoms in total. The summed E-state index contributed by atoms with van der Waals surface area (Å²) in [7, 11) is 1.79. The molecule has 1 atom stereocenters. The number of aromatic nitrogens is 3. The van der Waals surface area contributed by atoms with Crippen LogP contribution in [0.3, 0.4) is 0 Å². The van der Waals surface area contributed by atoms with E-state index in [9.17, 15) is 9.50 Å². The molecule has 0 aliphatic rings. The molecule has 1 unspecified atom stereocenters. The molecule has 0 fully saturated rings. The number of aryl methyl sites for hydroxylation is 1. The highest BCUT2D eigenvalue weighted by Crippen LogP contribution is 2.17. The molecular weight excluding hydrogens is 209 g/mol. The second-order valence-electron chi connectivity index (χ2n) is 3.57. The van der Waals surface area contributed by atoms with E-state index < -0.39 is 11.9 Å². The Morgan fingerprint density at radius 2 is 2.31 bits per heavy atom. The fourth-order valence-corrected chi connectivity index (χ4v) is 1.51. The van der Waals surface area contributed by atoms with Gasteiger partial charge in [0.1, 0.15) is 17.6 Å². The van der Waals surface area contributed by atoms with E-state index in [0.29, 0.717) is 5.69 Å². The third-order valence-corrected chi connectivity index (χ3v) is 2.27. The molecule has 0 saturated heterocycles. The molecule has 0 amide bonds. The highest BCUT2D eigenvalue weighted by atomic mass is 19.1. The van der Waals surface area contributed by atoms with Gasteiger partial charge in [0.25, 0.3) is 0 Å². The normalized spacial score (nSPS) is 12.7. The van der Waals surface area contributed by atoms with Crippen molar-refractivity contribution in [1.29, 1.82) is 0 Å². The number of pyridine rings is 1. The van der Waals surface area contributed by atoms with Crippen LogP contribution in [0, 0.1) is 5.82 Å². The summed E-state index contributed by atoms with van der Waals surface area (Å²) < 4.78 is 14.9. The van der Waals surface area contributed by atoms with Crippen molar-refractivity contribution in [2.45, 2.75) is 12.5 Å². The summed E-state index contributed by atoms with van der Waals surface area (Å²) >= 11 is 0. The largest absolute Gasteiger partial charge is 0.386 e. The molecule has 0 spiro atoms. The molecule has 0 saturated carbocycles. The lowest BCUT2D eigenvalue weighted by Gasteiger charge is -2.08. The van der Waals surface area contributed by atoms with Crippen molar-refractivity contribution in [2.75, 3.05) is 0 Å². The Morgan fingerprint density at radius 1 is 1.50 bits per heavy atom. The van der Waals surface area contributed by atoms with Gasteiger partial charge in [-0.1, -0.05) is 0 Å². The van der Waals surface area contributed by atoms with Crippen molar-refractivity contribution in [3.63, 3.8) is 0 Å². The van der Waals surface area contributed by atoms with Crippen molar-refractivity contribution in [3.05, 3.63) is 47.8 Å². The van der Waals surface area contributed by atoms with Gasteiger partial charge in [0.2, 0.25) is 0 Å². The van der Waals surface area contributed by atoms with E-state index >= 15 is 0 Å². The Bertz CT molecular complexity index is 484. The number of aliphatic hydroxyl groups is 1. The van der Waals surface area contributed by atoms with Crippen LogP contribution >= 0.6 is 0 Å². The smallest absolute Gasteiger partial charge is 0.147 e. The second kappa shape index (κ2) is 4.40. The Balaban J connectivity index is 2.14. The maximum atomic E-state index is 13.3. The average molecular weight is 221 g/mol. The SMILES string of the molecule is Cn1ccc(CC(O)c2ncccc2F)n1. The molecule has 0 aliphatic carbocycles. The Hall–Kier alpha value is -1.75. The number of rotatable bonds is 3. The van der Waals surface area contributed by atoms with Gasteiger partial charge in [-0.15, -0.1) is 0 Å². The van der Waals surface area contributed by atoms with Gasteiger partial charge in [-0.3, -0.25) is 9.67 Å². The maximum Gasteiger partial charge on any atom is 0.147 e. The van der Waals surface area contributed by atoms with Crippen LogP contribution in [0.4, 0.5) is 4.39 Å². The first-order valence-corrected chi connectivity index (χ1v) is 4.94. The second-order valence-corrected chi connectivity index (χ2v) is 3.57. The lowest BCUT2D eigenvalue weighted by molar-refractivity contribution is 0.167. The van der Waals surface area contributed by atoms with Crippen LogP contribution in [-0.4, -0.2) is 19.9 Å². The van der Waals surface area contributed by atoms with Crippen LogP contribution < -0.4 is 0 Å². The third kappa shape index (κ3) is 2.25. The van der Waals surface area contributed by atoms with Crippen LogP contribution in [0.5, 0.6) is 0 Å². The van der Waals surface area contributed by atoms with Crippen molar-refractivity contribution in [1.82, 2.24) is 14.8 Å². The molecule has 0 bridgehead atoms. The first-order valence-electron chi connectivity index (χ1n) is 4.94. The standard InChI is InChI=1S/C11H12FN3O/c1-15-6-4-8(14-15)7-10(16)11-9(12)3-2-5-13-11/h2-6,10,16H,7H2,1H3. The van der Waals surface area contributed by atoms with Crippen LogP contribution in [0.25, 0.3) is 0 Å². The van der Waals surface area contributed by atoms with Crippen molar-refractivity contribution in [3.8, 4) is 0 Å². The summed E-state index contributed by atoms with van der Waals surface area (Å²) in [5.41, 5.74) is 0.771. The molecule has 2 heterocycles. The van der Waals surface area contributed by atoms with Gasteiger partial charge in [-0.25, -0.2) is 4.39 Å². The zero-order chi connectivity index (χ0) is 11.5. The number of hydrogen-bond acceptors (Lipinski definition) is 3. The van der Waals surface area contributed by atoms with Crippen LogP contribution in [-0.2, 0) is 13.5 Å². The molecule has 2 aromatic rings. The van der Waals surface area contributed by atoms with Gasteiger partial charge in [-0.2, -0.15) is 5.10 Å². The minimum atomic E-state index is -0.962. The summed E-state index contributed by atoms with van der Waals surface area (Å²) in [5, 5.41) is 13.9. The Labute approximate surface area is 92.4 Å². The third-order valence-electron chi connectivity index (χ3n) is 2.27. The highest BCUT2D eigenvalue weighted by molar-refractivity contribution is 5.12. The summed E-state index contributed by atoms with van der Waals surface area (Å²) in [5.74, 6) is -0.495. The van der Waals surface area contributed by atoms with Gasteiger partial charge in [-0.05, 0) is 18.2 Å². The molecule has 0 aliphatic heterocycles. The summed E-state index contributed by atoms with van der Waals surface area (Å²) in [6, 6.07) is 4.56. The van der Waals surface area contributed by atoms with Gasteiger partial charge in [0.05, 0.1) is 5.69 Å². The minimum absolute atomic E-state index is 0.0631. The van der Waals surface area contributed by atoms with E-state index in [1.165, 1.54) is 18.3 Å². The summed E-state index contributed by atoms with van der Waals surface area (Å²) in [6.45, 7) is 0. The molecule has 1 N–H and O–H groups in total. The van der Waals surface area contributed by atoms with Gasteiger partial charge >= 0.3 is 0 Å². The van der Waals surface area contributed by atoms with Crippen molar-refractivity contribution >= 4 is 0 Å². The molecule has 2 aromatic heterocycles. The molecule has 16 heavy (non-hydrogen) atoms. The van der Waals surface area contributed by atoms with Crippen LogP contribution in [0.2, 0.25) is 0 Å². The van der Waals surface area contributed by atoms with Gasteiger partial charge in [0.15, 0.2) is 0 Å². The number of halogens is 1.